The molecule has 0 fully saturated rings. The summed E-state index contributed by atoms with van der Waals surface area (Å²) in [6, 6.07) is 0. The van der Waals surface area contributed by atoms with Gasteiger partial charge in [0.25, 0.3) is 0 Å². The molecule has 0 saturated heterocycles. The van der Waals surface area contributed by atoms with Crippen LogP contribution in [0.5, 0.6) is 0 Å². The molecule has 0 rings (SSSR count). The van der Waals surface area contributed by atoms with Crippen molar-refractivity contribution in [2.45, 2.75) is 0 Å². The van der Waals surface area contributed by atoms with Gasteiger partial charge in [-0.2, -0.15) is 0 Å². The van der Waals surface area contributed by atoms with Crippen molar-refractivity contribution in [1.29, 1.82) is 0 Å². The van der Waals surface area contributed by atoms with Gasteiger partial charge in [0.15, 0.2) is 0 Å². The number of hydrogen-bond acceptors (Lipinski definition) is 0. The molecule has 5 heavy (non-hydrogen) atoms. The Kier molecular flexibility index (Phi) is 200. The first-order chi connectivity index (χ1) is 0. The van der Waals surface area contributed by atoms with Gasteiger partial charge in [0.05, 0.1) is 0 Å². The van der Waals surface area contributed by atoms with Crippen LogP contribution in [0.3, 0.4) is 0 Å². The van der Waals surface area contributed by atoms with Crippen molar-refractivity contribution in [3.63, 3.8) is 0 Å². The summed E-state index contributed by atoms with van der Waals surface area (Å²) in [5.41, 5.74) is 0. The van der Waals surface area contributed by atoms with Crippen LogP contribution in [-0.2, 0) is 90.9 Å². The normalized spacial score (nSPS) is 0. The molecule has 0 spiro atoms. The second kappa shape index (κ2) is 25.8. The second-order valence-electron chi connectivity index (χ2n) is 0. The van der Waals surface area contributed by atoms with Gasteiger partial charge in [-0.15, -0.1) is 0 Å². The minimum absolute atomic E-state index is 0. The maximum absolute atomic E-state index is 0. The van der Waals surface area contributed by atoms with Gasteiger partial charge >= 0.3 is 18.0 Å². The van der Waals surface area contributed by atoms with Crippen molar-refractivity contribution in [3.8, 4) is 0 Å². The minimum atomic E-state index is 0. The van der Waals surface area contributed by atoms with Gasteiger partial charge in [0, 0.05) is 90.9 Å². The largest absolute Gasteiger partial charge is 0 e. The van der Waals surface area contributed by atoms with Crippen LogP contribution < -0.4 is 0 Å². The standard InChI is InChI=1S/AsH3.Cd.Hg.Ni.Zn/h1H3;;;;. The van der Waals surface area contributed by atoms with Gasteiger partial charge in [0.1, 0.15) is 0 Å². The fraction of sp³-hybridized carbons (Fsp3) is 0. The van der Waals surface area contributed by atoms with Gasteiger partial charge in [-0.25, -0.2) is 0 Å². The third kappa shape index (κ3) is 18.5. The summed E-state index contributed by atoms with van der Waals surface area (Å²) < 4.78 is 0. The average molecular weight is 515 g/mol. The molecule has 0 aliphatic rings. The zero-order valence-electron chi connectivity index (χ0n) is 3.14. The first-order valence-electron chi connectivity index (χ1n) is 0. The fourth-order valence-electron chi connectivity index (χ4n) is 0. The summed E-state index contributed by atoms with van der Waals surface area (Å²) in [6.45, 7) is 0. The van der Waals surface area contributed by atoms with E-state index >= 15 is 0 Å². The summed E-state index contributed by atoms with van der Waals surface area (Å²) in [5, 5.41) is 0. The van der Waals surface area contributed by atoms with Crippen LogP contribution in [0.2, 0.25) is 0 Å². The third-order valence-electron chi connectivity index (χ3n) is 0. The van der Waals surface area contributed by atoms with E-state index in [4.69, 9.17) is 0 Å². The summed E-state index contributed by atoms with van der Waals surface area (Å²) in [4.78, 5) is 0. The van der Waals surface area contributed by atoms with Crippen LogP contribution in [0.4, 0.5) is 0 Å². The van der Waals surface area contributed by atoms with Gasteiger partial charge in [-0.05, 0) is 0 Å². The van der Waals surface area contributed by atoms with Crippen LogP contribution in [0.15, 0.2) is 0 Å². The van der Waals surface area contributed by atoms with Crippen LogP contribution in [-0.4, -0.2) is 18.0 Å². The van der Waals surface area contributed by atoms with E-state index in [0.717, 1.165) is 0 Å². The van der Waals surface area contributed by atoms with Gasteiger partial charge in [0.2, 0.25) is 0 Å². The molecule has 0 saturated carbocycles. The Hall–Kier alpha value is 3.53. The van der Waals surface area contributed by atoms with E-state index < -0.39 is 0 Å². The smallest absolute Gasteiger partial charge is 0 e. The molecule has 5 heteroatoms. The van der Waals surface area contributed by atoms with E-state index in [0.29, 0.717) is 0 Å². The van der Waals surface area contributed by atoms with Crippen molar-refractivity contribution in [1.82, 2.24) is 0 Å². The Bertz CT molecular complexity index is 11.6. The first kappa shape index (κ1) is 38.8. The van der Waals surface area contributed by atoms with Gasteiger partial charge in [-0.3, -0.25) is 0 Å². The molecule has 0 aliphatic carbocycles. The minimum Gasteiger partial charge on any atom is 0 e. The summed E-state index contributed by atoms with van der Waals surface area (Å²) >= 11 is 0. The molecule has 1 atom stereocenters. The molecular weight excluding hydrogens is 512 g/mol. The summed E-state index contributed by atoms with van der Waals surface area (Å²) in [5.74, 6) is 0. The molecule has 0 heterocycles. The quantitative estimate of drug-likeness (QED) is 0.357. The maximum Gasteiger partial charge on any atom is 0 e. The van der Waals surface area contributed by atoms with Gasteiger partial charge < -0.3 is 0 Å². The van der Waals surface area contributed by atoms with Crippen LogP contribution in [0.25, 0.3) is 0 Å². The molecular formula is H3AsCdHgNiZn. The zero-order chi connectivity index (χ0) is 0. The van der Waals surface area contributed by atoms with E-state index in [1.54, 1.807) is 0 Å². The Morgan fingerprint density at radius 2 is 1.00 bits per heavy atom. The Labute approximate surface area is 107 Å². The molecule has 0 aromatic heterocycles. The van der Waals surface area contributed by atoms with E-state index in [2.05, 4.69) is 0 Å². The first-order valence-corrected chi connectivity index (χ1v) is 0. The topological polar surface area (TPSA) is 0 Å². The molecule has 0 bridgehead atoms. The molecule has 0 aliphatic heterocycles. The van der Waals surface area contributed by atoms with E-state index in [1.165, 1.54) is 0 Å². The van der Waals surface area contributed by atoms with Crippen LogP contribution in [0.1, 0.15) is 0 Å². The molecule has 0 aromatic carbocycles. The predicted octanol–water partition coefficient (Wildman–Crippen LogP) is -1.19. The number of hydrogen-bond donors (Lipinski definition) is 0. The Morgan fingerprint density at radius 3 is 1.00 bits per heavy atom. The van der Waals surface area contributed by atoms with Gasteiger partial charge in [-0.1, -0.05) is 0 Å². The third-order valence-corrected chi connectivity index (χ3v) is 0. The fourth-order valence-corrected chi connectivity index (χ4v) is 0. The van der Waals surface area contributed by atoms with E-state index in [-0.39, 0.29) is 109 Å². The SMILES string of the molecule is [AsH3].[Cd].[Hg].[Ni].[Zn]. The molecule has 0 aromatic rings. The zero-order valence-corrected chi connectivity index (χ0v) is 19.6. The molecule has 0 nitrogen and oxygen atoms in total. The molecule has 1 unspecified atom stereocenters. The summed E-state index contributed by atoms with van der Waals surface area (Å²) in [6.07, 6.45) is 0. The van der Waals surface area contributed by atoms with Crippen molar-refractivity contribution in [2.75, 3.05) is 0 Å². The molecule has 24 valence electrons. The van der Waals surface area contributed by atoms with Crippen molar-refractivity contribution in [2.24, 2.45) is 0 Å². The maximum atomic E-state index is 0. The van der Waals surface area contributed by atoms with Crippen molar-refractivity contribution >= 4 is 18.0 Å². The average Bonchev–Trinajstić information content (AvgIpc) is 0. The predicted molar refractivity (Wildman–Crippen MR) is 9.94 cm³/mol. The monoisotopic (exact) mass is 516 g/mol. The van der Waals surface area contributed by atoms with Crippen LogP contribution >= 0.6 is 0 Å². The Morgan fingerprint density at radius 1 is 1.00 bits per heavy atom. The molecule has 0 amide bonds. The second-order valence-corrected chi connectivity index (χ2v) is 0. The Balaban J connectivity index is 0. The number of rotatable bonds is 0. The van der Waals surface area contributed by atoms with E-state index in [9.17, 15) is 0 Å². The van der Waals surface area contributed by atoms with Crippen LogP contribution in [0, 0.1) is 0 Å². The van der Waals surface area contributed by atoms with Crippen molar-refractivity contribution < 1.29 is 90.9 Å². The van der Waals surface area contributed by atoms with Crippen molar-refractivity contribution in [3.05, 3.63) is 0 Å². The summed E-state index contributed by atoms with van der Waals surface area (Å²) in [7, 11) is 0. The molecule has 0 N–H and O–H groups in total. The van der Waals surface area contributed by atoms with E-state index in [1.807, 2.05) is 0 Å². The molecule has 0 radical (unpaired) electrons.